The number of anilines is 1. The third-order valence-corrected chi connectivity index (χ3v) is 2.53. The largest absolute Gasteiger partial charge is 0.482 e. The highest BCUT2D eigenvalue weighted by Gasteiger charge is 2.10. The molecule has 2 N–H and O–H groups in total. The minimum Gasteiger partial charge on any atom is -0.482 e. The van der Waals surface area contributed by atoms with E-state index in [-0.39, 0.29) is 6.61 Å². The van der Waals surface area contributed by atoms with Crippen LogP contribution < -0.4 is 10.5 Å². The zero-order chi connectivity index (χ0) is 13.8. The van der Waals surface area contributed by atoms with Crippen LogP contribution >= 0.6 is 0 Å². The van der Waals surface area contributed by atoms with Gasteiger partial charge in [-0.1, -0.05) is 17.3 Å². The molecule has 2 heterocycles. The lowest BCUT2D eigenvalue weighted by Gasteiger charge is -2.05. The Bertz CT molecular complexity index is 699. The average molecular weight is 269 g/mol. The predicted octanol–water partition coefficient (Wildman–Crippen LogP) is 1.69. The van der Waals surface area contributed by atoms with Crippen LogP contribution in [0.4, 0.5) is 5.69 Å². The number of hydrogen-bond acceptors (Lipinski definition) is 7. The van der Waals surface area contributed by atoms with Gasteiger partial charge in [-0.05, 0) is 12.1 Å². The lowest BCUT2D eigenvalue weighted by atomic mass is 10.3. The lowest BCUT2D eigenvalue weighted by molar-refractivity contribution is 0.244. The average Bonchev–Trinajstić information content (AvgIpc) is 2.96. The summed E-state index contributed by atoms with van der Waals surface area (Å²) in [5, 5.41) is 3.82. The number of nitrogens with two attached hydrogens (primary N) is 1. The highest BCUT2D eigenvalue weighted by atomic mass is 16.5. The Labute approximate surface area is 114 Å². The first-order valence-corrected chi connectivity index (χ1v) is 5.89. The molecule has 0 saturated carbocycles. The number of rotatable bonds is 4. The minimum atomic E-state index is 0.140. The van der Waals surface area contributed by atoms with E-state index in [2.05, 4.69) is 20.1 Å². The molecule has 0 bridgehead atoms. The van der Waals surface area contributed by atoms with Crippen LogP contribution in [0.15, 0.2) is 47.4 Å². The fraction of sp³-hybridized carbons (Fsp3) is 0.0769. The summed E-state index contributed by atoms with van der Waals surface area (Å²) in [6.07, 6.45) is 4.70. The molecule has 0 fully saturated rings. The number of aromatic nitrogens is 4. The Morgan fingerprint density at radius 2 is 2.10 bits per heavy atom. The maximum Gasteiger partial charge on any atom is 0.264 e. The zero-order valence-electron chi connectivity index (χ0n) is 10.4. The summed E-state index contributed by atoms with van der Waals surface area (Å²) >= 11 is 0. The molecule has 7 heteroatoms. The first-order valence-electron chi connectivity index (χ1n) is 5.89. The molecule has 0 amide bonds. The number of hydrogen-bond donors (Lipinski definition) is 1. The van der Waals surface area contributed by atoms with Gasteiger partial charge in [-0.25, -0.2) is 4.98 Å². The van der Waals surface area contributed by atoms with Crippen molar-refractivity contribution >= 4 is 5.69 Å². The molecular formula is C13H11N5O2. The molecule has 1 aromatic carbocycles. The quantitative estimate of drug-likeness (QED) is 0.719. The van der Waals surface area contributed by atoms with Crippen molar-refractivity contribution < 1.29 is 9.26 Å². The fourth-order valence-corrected chi connectivity index (χ4v) is 1.58. The van der Waals surface area contributed by atoms with E-state index in [4.69, 9.17) is 15.0 Å². The summed E-state index contributed by atoms with van der Waals surface area (Å²) < 4.78 is 10.6. The van der Waals surface area contributed by atoms with Crippen molar-refractivity contribution in [1.82, 2.24) is 20.1 Å². The topological polar surface area (TPSA) is 100.0 Å². The van der Waals surface area contributed by atoms with E-state index >= 15 is 0 Å². The third-order valence-electron chi connectivity index (χ3n) is 2.53. The number of nitrogen functional groups attached to an aromatic ring is 1. The fourth-order valence-electron chi connectivity index (χ4n) is 1.58. The monoisotopic (exact) mass is 269 g/mol. The summed E-state index contributed by atoms with van der Waals surface area (Å²) in [5.74, 6) is 1.29. The van der Waals surface area contributed by atoms with Gasteiger partial charge in [0.15, 0.2) is 6.61 Å². The molecule has 3 aromatic rings. The molecule has 100 valence electrons. The summed E-state index contributed by atoms with van der Waals surface area (Å²) in [6.45, 7) is 0.140. The van der Waals surface area contributed by atoms with Crippen molar-refractivity contribution in [3.63, 3.8) is 0 Å². The third kappa shape index (κ3) is 2.56. The Hall–Kier alpha value is -2.96. The van der Waals surface area contributed by atoms with Crippen LogP contribution in [-0.4, -0.2) is 20.1 Å². The maximum absolute atomic E-state index is 5.77. The molecule has 0 spiro atoms. The molecule has 0 atom stereocenters. The van der Waals surface area contributed by atoms with E-state index in [0.717, 1.165) is 0 Å². The van der Waals surface area contributed by atoms with Crippen LogP contribution in [0.3, 0.4) is 0 Å². The van der Waals surface area contributed by atoms with E-state index in [1.165, 1.54) is 0 Å². The number of ether oxygens (including phenoxy) is 1. The van der Waals surface area contributed by atoms with Gasteiger partial charge in [-0.15, -0.1) is 0 Å². The van der Waals surface area contributed by atoms with Crippen molar-refractivity contribution in [3.05, 3.63) is 48.7 Å². The Balaban J connectivity index is 1.71. The number of benzene rings is 1. The SMILES string of the molecule is Nc1ccccc1OCc1nc(-c2cnccn2)no1. The van der Waals surface area contributed by atoms with Crippen molar-refractivity contribution in [2.24, 2.45) is 0 Å². The van der Waals surface area contributed by atoms with Gasteiger partial charge in [-0.2, -0.15) is 4.98 Å². The van der Waals surface area contributed by atoms with Crippen LogP contribution in [0.1, 0.15) is 5.89 Å². The van der Waals surface area contributed by atoms with Crippen LogP contribution in [0.5, 0.6) is 5.75 Å². The number of nitrogens with zero attached hydrogens (tertiary/aromatic N) is 4. The first-order chi connectivity index (χ1) is 9.83. The summed E-state index contributed by atoms with van der Waals surface area (Å²) in [5.41, 5.74) is 6.87. The van der Waals surface area contributed by atoms with E-state index in [0.29, 0.717) is 28.8 Å². The second-order valence-corrected chi connectivity index (χ2v) is 3.93. The first kappa shape index (κ1) is 12.1. The molecule has 0 aliphatic rings. The van der Waals surface area contributed by atoms with Gasteiger partial charge in [-0.3, -0.25) is 4.98 Å². The highest BCUT2D eigenvalue weighted by Crippen LogP contribution is 2.21. The standard InChI is InChI=1S/C13H11N5O2/c14-9-3-1-2-4-11(9)19-8-12-17-13(18-20-12)10-7-15-5-6-16-10/h1-7H,8,14H2. The van der Waals surface area contributed by atoms with Gasteiger partial charge in [0.1, 0.15) is 11.4 Å². The normalized spacial score (nSPS) is 10.4. The van der Waals surface area contributed by atoms with Gasteiger partial charge in [0.05, 0.1) is 11.9 Å². The molecule has 0 aliphatic carbocycles. The zero-order valence-corrected chi connectivity index (χ0v) is 10.4. The van der Waals surface area contributed by atoms with Gasteiger partial charge in [0.2, 0.25) is 5.82 Å². The van der Waals surface area contributed by atoms with Gasteiger partial charge < -0.3 is 15.0 Å². The van der Waals surface area contributed by atoms with Gasteiger partial charge >= 0.3 is 0 Å². The van der Waals surface area contributed by atoms with Crippen molar-refractivity contribution in [1.29, 1.82) is 0 Å². The number of para-hydroxylation sites is 2. The van der Waals surface area contributed by atoms with Crippen LogP contribution in [0, 0.1) is 0 Å². The molecule has 2 aromatic heterocycles. The van der Waals surface area contributed by atoms with Crippen molar-refractivity contribution in [2.45, 2.75) is 6.61 Å². The van der Waals surface area contributed by atoms with E-state index in [1.807, 2.05) is 12.1 Å². The van der Waals surface area contributed by atoms with Gasteiger partial charge in [0, 0.05) is 12.4 Å². The van der Waals surface area contributed by atoms with Gasteiger partial charge in [0.25, 0.3) is 5.89 Å². The molecule has 0 unspecified atom stereocenters. The molecule has 7 nitrogen and oxygen atoms in total. The summed E-state index contributed by atoms with van der Waals surface area (Å²) in [4.78, 5) is 12.2. The van der Waals surface area contributed by atoms with Crippen molar-refractivity contribution in [3.8, 4) is 17.3 Å². The minimum absolute atomic E-state index is 0.140. The Kier molecular flexibility index (Phi) is 3.24. The summed E-state index contributed by atoms with van der Waals surface area (Å²) in [7, 11) is 0. The second kappa shape index (κ2) is 5.35. The van der Waals surface area contributed by atoms with E-state index in [1.54, 1.807) is 30.7 Å². The molecule has 3 rings (SSSR count). The molecule has 0 radical (unpaired) electrons. The molecule has 20 heavy (non-hydrogen) atoms. The smallest absolute Gasteiger partial charge is 0.264 e. The molecule has 0 aliphatic heterocycles. The molecule has 0 saturated heterocycles. The van der Waals surface area contributed by atoms with Crippen LogP contribution in [0.2, 0.25) is 0 Å². The van der Waals surface area contributed by atoms with E-state index in [9.17, 15) is 0 Å². The molecular weight excluding hydrogens is 258 g/mol. The van der Waals surface area contributed by atoms with Crippen LogP contribution in [-0.2, 0) is 6.61 Å². The Morgan fingerprint density at radius 3 is 2.90 bits per heavy atom. The lowest BCUT2D eigenvalue weighted by Crippen LogP contribution is -1.98. The Morgan fingerprint density at radius 1 is 1.20 bits per heavy atom. The predicted molar refractivity (Wildman–Crippen MR) is 70.5 cm³/mol. The summed E-state index contributed by atoms with van der Waals surface area (Å²) in [6, 6.07) is 7.20. The highest BCUT2D eigenvalue weighted by molar-refractivity contribution is 5.51. The second-order valence-electron chi connectivity index (χ2n) is 3.93. The van der Waals surface area contributed by atoms with Crippen molar-refractivity contribution in [2.75, 3.05) is 5.73 Å². The van der Waals surface area contributed by atoms with Crippen LogP contribution in [0.25, 0.3) is 11.5 Å². The maximum atomic E-state index is 5.77. The van der Waals surface area contributed by atoms with E-state index < -0.39 is 0 Å².